The minimum Gasteiger partial charge on any atom is -0.288 e. The quantitative estimate of drug-likeness (QED) is 0.430. The molecule has 2 rings (SSSR count). The van der Waals surface area contributed by atoms with Crippen molar-refractivity contribution in [2.75, 3.05) is 0 Å². The number of allylic oxidation sites excluding steroid dienone is 4. The lowest BCUT2D eigenvalue weighted by Gasteiger charge is -2.14. The Morgan fingerprint density at radius 2 is 1.44 bits per heavy atom. The maximum absolute atomic E-state index is 12.1. The molecule has 0 aliphatic heterocycles. The van der Waals surface area contributed by atoms with Crippen LogP contribution in [0, 0.1) is 0 Å². The average molecular weight is 240 g/mol. The Morgan fingerprint density at radius 3 is 2.00 bits per heavy atom. The van der Waals surface area contributed by atoms with Gasteiger partial charge in [0.05, 0.1) is 5.57 Å². The second kappa shape index (κ2) is 4.53. The van der Waals surface area contributed by atoms with Crippen LogP contribution in [0.4, 0.5) is 0 Å². The van der Waals surface area contributed by atoms with Crippen LogP contribution in [0.25, 0.3) is 0 Å². The van der Waals surface area contributed by atoms with Crippen molar-refractivity contribution in [3.63, 3.8) is 0 Å². The predicted octanol–water partition coefficient (Wildman–Crippen LogP) is 2.53. The number of ketones is 3. The van der Waals surface area contributed by atoms with Gasteiger partial charge in [0.2, 0.25) is 11.6 Å². The van der Waals surface area contributed by atoms with Crippen LogP contribution in [-0.4, -0.2) is 17.3 Å². The molecule has 0 saturated carbocycles. The summed E-state index contributed by atoms with van der Waals surface area (Å²) in [4.78, 5) is 35.8. The van der Waals surface area contributed by atoms with Gasteiger partial charge in [-0.3, -0.25) is 14.4 Å². The van der Waals surface area contributed by atoms with Gasteiger partial charge in [-0.15, -0.1) is 0 Å². The van der Waals surface area contributed by atoms with E-state index in [1.54, 1.807) is 24.3 Å². The first-order valence-electron chi connectivity index (χ1n) is 5.60. The maximum atomic E-state index is 12.1. The molecule has 3 nitrogen and oxygen atoms in total. The summed E-state index contributed by atoms with van der Waals surface area (Å²) >= 11 is 0. The van der Waals surface area contributed by atoms with Crippen LogP contribution >= 0.6 is 0 Å². The van der Waals surface area contributed by atoms with Crippen molar-refractivity contribution in [2.45, 2.75) is 13.8 Å². The van der Waals surface area contributed by atoms with E-state index < -0.39 is 11.6 Å². The summed E-state index contributed by atoms with van der Waals surface area (Å²) in [6, 6.07) is 6.39. The van der Waals surface area contributed by atoms with E-state index in [1.165, 1.54) is 12.1 Å². The number of Topliss-reactive ketones (excluding diaryl/α,β-unsaturated/α-hetero) is 3. The molecule has 0 heterocycles. The van der Waals surface area contributed by atoms with E-state index in [-0.39, 0.29) is 16.9 Å². The first-order chi connectivity index (χ1) is 8.52. The van der Waals surface area contributed by atoms with Gasteiger partial charge in [-0.25, -0.2) is 0 Å². The molecule has 0 fully saturated rings. The molecule has 0 radical (unpaired) electrons. The van der Waals surface area contributed by atoms with Crippen molar-refractivity contribution in [3.8, 4) is 0 Å². The SMILES string of the molecule is CC(C)=C/C=C1/C(=O)C(=O)c2ccccc2C1=O. The lowest BCUT2D eigenvalue weighted by molar-refractivity contribution is -0.111. The van der Waals surface area contributed by atoms with Gasteiger partial charge in [0, 0.05) is 11.1 Å². The van der Waals surface area contributed by atoms with Crippen LogP contribution in [-0.2, 0) is 4.79 Å². The molecule has 1 aromatic carbocycles. The van der Waals surface area contributed by atoms with E-state index in [0.29, 0.717) is 5.56 Å². The normalized spacial score (nSPS) is 16.8. The summed E-state index contributed by atoms with van der Waals surface area (Å²) in [5.41, 5.74) is 1.40. The molecule has 0 unspecified atom stereocenters. The zero-order valence-corrected chi connectivity index (χ0v) is 10.2. The van der Waals surface area contributed by atoms with Crippen molar-refractivity contribution >= 4 is 17.3 Å². The van der Waals surface area contributed by atoms with Gasteiger partial charge in [-0.05, 0) is 19.9 Å². The monoisotopic (exact) mass is 240 g/mol. The second-order valence-electron chi connectivity index (χ2n) is 4.36. The van der Waals surface area contributed by atoms with Gasteiger partial charge < -0.3 is 0 Å². The number of carbonyl (C=O) groups excluding carboxylic acids is 3. The topological polar surface area (TPSA) is 51.2 Å². The number of fused-ring (bicyclic) bond motifs is 1. The Hall–Kier alpha value is -2.29. The molecule has 1 aliphatic rings. The summed E-state index contributed by atoms with van der Waals surface area (Å²) in [5, 5.41) is 0. The van der Waals surface area contributed by atoms with Gasteiger partial charge in [0.25, 0.3) is 0 Å². The number of rotatable bonds is 1. The third-order valence-electron chi connectivity index (χ3n) is 2.70. The highest BCUT2D eigenvalue weighted by atomic mass is 16.2. The largest absolute Gasteiger partial charge is 0.288 e. The number of carbonyl (C=O) groups is 3. The molecule has 0 bridgehead atoms. The molecule has 90 valence electrons. The Bertz CT molecular complexity index is 614. The smallest absolute Gasteiger partial charge is 0.237 e. The second-order valence-corrected chi connectivity index (χ2v) is 4.36. The van der Waals surface area contributed by atoms with Crippen LogP contribution in [0.1, 0.15) is 34.6 Å². The Labute approximate surface area is 105 Å². The molecule has 1 aromatic rings. The Balaban J connectivity index is 2.60. The van der Waals surface area contributed by atoms with E-state index >= 15 is 0 Å². The third kappa shape index (κ3) is 1.95. The molecule has 1 aliphatic carbocycles. The molecule has 0 saturated heterocycles. The summed E-state index contributed by atoms with van der Waals surface area (Å²) in [5.74, 6) is -1.72. The van der Waals surface area contributed by atoms with Crippen LogP contribution in [0.2, 0.25) is 0 Å². The first-order valence-corrected chi connectivity index (χ1v) is 5.60. The van der Waals surface area contributed by atoms with Crippen LogP contribution in [0.3, 0.4) is 0 Å². The highest BCUT2D eigenvalue weighted by Gasteiger charge is 2.34. The highest BCUT2D eigenvalue weighted by Crippen LogP contribution is 2.22. The van der Waals surface area contributed by atoms with E-state index in [9.17, 15) is 14.4 Å². The van der Waals surface area contributed by atoms with Crippen LogP contribution in [0.15, 0.2) is 47.6 Å². The fraction of sp³-hybridized carbons (Fsp3) is 0.133. The predicted molar refractivity (Wildman–Crippen MR) is 67.6 cm³/mol. The van der Waals surface area contributed by atoms with Gasteiger partial charge in [0.1, 0.15) is 0 Å². The molecule has 0 amide bonds. The van der Waals surface area contributed by atoms with Gasteiger partial charge in [-0.2, -0.15) is 0 Å². The van der Waals surface area contributed by atoms with E-state index in [1.807, 2.05) is 13.8 Å². The lowest BCUT2D eigenvalue weighted by atomic mass is 9.85. The minimum absolute atomic E-state index is 0.0556. The standard InChI is InChI=1S/C15H12O3/c1-9(2)7-8-12-13(16)10-5-3-4-6-11(10)14(17)15(12)18/h3-8H,1-2H3/b12-8+. The number of benzene rings is 1. The van der Waals surface area contributed by atoms with Gasteiger partial charge in [0.15, 0.2) is 5.78 Å². The van der Waals surface area contributed by atoms with E-state index in [2.05, 4.69) is 0 Å². The maximum Gasteiger partial charge on any atom is 0.237 e. The number of hydrogen-bond donors (Lipinski definition) is 0. The van der Waals surface area contributed by atoms with Gasteiger partial charge >= 0.3 is 0 Å². The van der Waals surface area contributed by atoms with Crippen molar-refractivity contribution in [3.05, 3.63) is 58.7 Å². The minimum atomic E-state index is -0.726. The van der Waals surface area contributed by atoms with Crippen LogP contribution in [0.5, 0.6) is 0 Å². The van der Waals surface area contributed by atoms with E-state index in [0.717, 1.165) is 5.57 Å². The summed E-state index contributed by atoms with van der Waals surface area (Å²) in [7, 11) is 0. The average Bonchev–Trinajstić information content (AvgIpc) is 2.36. The summed E-state index contributed by atoms with van der Waals surface area (Å²) in [6.45, 7) is 3.70. The molecule has 18 heavy (non-hydrogen) atoms. The first kappa shape index (κ1) is 12.2. The van der Waals surface area contributed by atoms with Crippen molar-refractivity contribution < 1.29 is 14.4 Å². The molecule has 0 N–H and O–H groups in total. The molecule has 0 spiro atoms. The van der Waals surface area contributed by atoms with Crippen molar-refractivity contribution in [1.29, 1.82) is 0 Å². The Morgan fingerprint density at radius 1 is 0.889 bits per heavy atom. The molecular formula is C15H12O3. The lowest BCUT2D eigenvalue weighted by Crippen LogP contribution is -2.29. The zero-order valence-electron chi connectivity index (χ0n) is 10.2. The molecule has 3 heteroatoms. The van der Waals surface area contributed by atoms with E-state index in [4.69, 9.17) is 0 Å². The fourth-order valence-electron chi connectivity index (χ4n) is 1.77. The molecule has 0 atom stereocenters. The zero-order chi connectivity index (χ0) is 13.3. The summed E-state index contributed by atoms with van der Waals surface area (Å²) < 4.78 is 0. The number of hydrogen-bond acceptors (Lipinski definition) is 3. The third-order valence-corrected chi connectivity index (χ3v) is 2.70. The van der Waals surface area contributed by atoms with Crippen molar-refractivity contribution in [1.82, 2.24) is 0 Å². The highest BCUT2D eigenvalue weighted by molar-refractivity contribution is 6.59. The van der Waals surface area contributed by atoms with Crippen molar-refractivity contribution in [2.24, 2.45) is 0 Å². The fourth-order valence-corrected chi connectivity index (χ4v) is 1.77. The van der Waals surface area contributed by atoms with Gasteiger partial charge in [-0.1, -0.05) is 35.9 Å². The van der Waals surface area contributed by atoms with Crippen LogP contribution < -0.4 is 0 Å². The Kier molecular flexibility index (Phi) is 3.06. The summed E-state index contributed by atoms with van der Waals surface area (Å²) in [6.07, 6.45) is 3.08. The molecular weight excluding hydrogens is 228 g/mol. The molecule has 0 aromatic heterocycles.